The van der Waals surface area contributed by atoms with Crippen LogP contribution in [0.15, 0.2) is 24.3 Å². The summed E-state index contributed by atoms with van der Waals surface area (Å²) < 4.78 is 30.6. The molecule has 2 rings (SSSR count). The topological polar surface area (TPSA) is 90.3 Å². The number of ether oxygens (including phenoxy) is 1. The molecule has 0 spiro atoms. The van der Waals surface area contributed by atoms with Crippen molar-refractivity contribution in [3.05, 3.63) is 29.8 Å². The fourth-order valence-corrected chi connectivity index (χ4v) is 3.98. The predicted molar refractivity (Wildman–Crippen MR) is 91.3 cm³/mol. The van der Waals surface area contributed by atoms with Crippen LogP contribution < -0.4 is 4.74 Å². The number of likely N-dealkylation sites (tertiary alicyclic amines) is 1. The molecule has 0 radical (unpaired) electrons. The molecule has 2 N–H and O–H groups in total. The summed E-state index contributed by atoms with van der Waals surface area (Å²) in [5, 5.41) is 19.0. The second-order valence-corrected chi connectivity index (χ2v) is 8.53. The highest BCUT2D eigenvalue weighted by Gasteiger charge is 2.35. The monoisotopic (exact) mass is 358 g/mol. The maximum Gasteiger partial charge on any atom is 0.214 e. The lowest BCUT2D eigenvalue weighted by molar-refractivity contribution is 0.148. The highest BCUT2D eigenvalue weighted by molar-refractivity contribution is 7.89. The molecule has 7 nitrogen and oxygen atoms in total. The molecule has 136 valence electrons. The second-order valence-electron chi connectivity index (χ2n) is 6.30. The van der Waals surface area contributed by atoms with E-state index in [9.17, 15) is 13.5 Å². The maximum atomic E-state index is 12.0. The Kier molecular flexibility index (Phi) is 6.59. The number of benzene rings is 1. The Balaban J connectivity index is 1.95. The molecular formula is C16H26N2O5S. The SMILES string of the molecule is CN(C)S(=O)(=O)C[C@@H]1CN(Cc2cccc(OCCO)c2)C[C@H]1O. The quantitative estimate of drug-likeness (QED) is 0.666. The summed E-state index contributed by atoms with van der Waals surface area (Å²) in [5.41, 5.74) is 1.02. The molecule has 0 unspecified atom stereocenters. The number of hydrogen-bond acceptors (Lipinski definition) is 6. The third kappa shape index (κ3) is 5.15. The third-order valence-electron chi connectivity index (χ3n) is 4.13. The predicted octanol–water partition coefficient (Wildman–Crippen LogP) is -0.258. The normalized spacial score (nSPS) is 22.2. The molecule has 2 atom stereocenters. The molecule has 24 heavy (non-hydrogen) atoms. The summed E-state index contributed by atoms with van der Waals surface area (Å²) in [4.78, 5) is 2.05. The average molecular weight is 358 g/mol. The van der Waals surface area contributed by atoms with Crippen LogP contribution in [0.3, 0.4) is 0 Å². The zero-order chi connectivity index (χ0) is 17.7. The van der Waals surface area contributed by atoms with Gasteiger partial charge in [0.2, 0.25) is 10.0 Å². The molecule has 1 aliphatic rings. The van der Waals surface area contributed by atoms with Gasteiger partial charge in [0.15, 0.2) is 0 Å². The van der Waals surface area contributed by atoms with Crippen LogP contribution in [0.4, 0.5) is 0 Å². The zero-order valence-electron chi connectivity index (χ0n) is 14.1. The van der Waals surface area contributed by atoms with Crippen LogP contribution in [0.25, 0.3) is 0 Å². The standard InChI is InChI=1S/C16H26N2O5S/c1-17(2)24(21,22)12-14-10-18(11-16(14)20)9-13-4-3-5-15(8-13)23-7-6-19/h3-5,8,14,16,19-20H,6-7,9-12H2,1-2H3/t14-,16+/m0/s1. The minimum atomic E-state index is -3.32. The molecule has 0 aromatic heterocycles. The fourth-order valence-electron chi connectivity index (χ4n) is 2.81. The van der Waals surface area contributed by atoms with Gasteiger partial charge in [-0.15, -0.1) is 0 Å². The Morgan fingerprint density at radius 3 is 2.75 bits per heavy atom. The van der Waals surface area contributed by atoms with E-state index in [4.69, 9.17) is 9.84 Å². The van der Waals surface area contributed by atoms with E-state index >= 15 is 0 Å². The lowest BCUT2D eigenvalue weighted by Gasteiger charge is -2.18. The molecule has 1 fully saturated rings. The van der Waals surface area contributed by atoms with Crippen molar-refractivity contribution in [2.45, 2.75) is 12.6 Å². The van der Waals surface area contributed by atoms with E-state index in [0.717, 1.165) is 5.56 Å². The van der Waals surface area contributed by atoms with Gasteiger partial charge in [0.25, 0.3) is 0 Å². The van der Waals surface area contributed by atoms with Gasteiger partial charge in [0.05, 0.1) is 18.5 Å². The molecule has 1 aliphatic heterocycles. The van der Waals surface area contributed by atoms with Crippen molar-refractivity contribution in [3.8, 4) is 5.75 Å². The number of hydrogen-bond donors (Lipinski definition) is 2. The van der Waals surface area contributed by atoms with Crippen molar-refractivity contribution < 1.29 is 23.4 Å². The molecule has 8 heteroatoms. The number of aliphatic hydroxyl groups excluding tert-OH is 2. The van der Waals surface area contributed by atoms with Crippen molar-refractivity contribution in [3.63, 3.8) is 0 Å². The smallest absolute Gasteiger partial charge is 0.214 e. The van der Waals surface area contributed by atoms with Crippen molar-refractivity contribution in [1.82, 2.24) is 9.21 Å². The van der Waals surface area contributed by atoms with Crippen LogP contribution in [-0.2, 0) is 16.6 Å². The lowest BCUT2D eigenvalue weighted by Crippen LogP contribution is -2.33. The molecule has 0 aliphatic carbocycles. The lowest BCUT2D eigenvalue weighted by atomic mass is 10.1. The fraction of sp³-hybridized carbons (Fsp3) is 0.625. The van der Waals surface area contributed by atoms with Gasteiger partial charge in [-0.05, 0) is 17.7 Å². The summed E-state index contributed by atoms with van der Waals surface area (Å²) in [7, 11) is -0.312. The first-order chi connectivity index (χ1) is 11.3. The molecule has 0 bridgehead atoms. The molecule has 1 aromatic rings. The Morgan fingerprint density at radius 2 is 2.08 bits per heavy atom. The van der Waals surface area contributed by atoms with E-state index < -0.39 is 16.1 Å². The highest BCUT2D eigenvalue weighted by atomic mass is 32.2. The Labute approximate surface area is 143 Å². The molecule has 1 heterocycles. The van der Waals surface area contributed by atoms with Gasteiger partial charge in [0, 0.05) is 39.6 Å². The van der Waals surface area contributed by atoms with Crippen LogP contribution in [0, 0.1) is 5.92 Å². The van der Waals surface area contributed by atoms with Gasteiger partial charge in [-0.3, -0.25) is 4.90 Å². The van der Waals surface area contributed by atoms with E-state index in [0.29, 0.717) is 25.4 Å². The van der Waals surface area contributed by atoms with Gasteiger partial charge < -0.3 is 14.9 Å². The Morgan fingerprint density at radius 1 is 1.33 bits per heavy atom. The van der Waals surface area contributed by atoms with E-state index in [1.54, 1.807) is 0 Å². The van der Waals surface area contributed by atoms with Gasteiger partial charge in [0.1, 0.15) is 12.4 Å². The van der Waals surface area contributed by atoms with Crippen LogP contribution in [0.1, 0.15) is 5.56 Å². The summed E-state index contributed by atoms with van der Waals surface area (Å²) in [5.74, 6) is 0.358. The first-order valence-electron chi connectivity index (χ1n) is 7.95. The molecule has 1 saturated heterocycles. The van der Waals surface area contributed by atoms with Crippen molar-refractivity contribution in [2.75, 3.05) is 46.2 Å². The van der Waals surface area contributed by atoms with E-state index in [-0.39, 0.29) is 24.9 Å². The zero-order valence-corrected chi connectivity index (χ0v) is 14.9. The maximum absolute atomic E-state index is 12.0. The molecule has 0 amide bonds. The largest absolute Gasteiger partial charge is 0.491 e. The van der Waals surface area contributed by atoms with Crippen LogP contribution in [0.5, 0.6) is 5.75 Å². The Bertz CT molecular complexity index is 635. The minimum Gasteiger partial charge on any atom is -0.491 e. The summed E-state index contributed by atoms with van der Waals surface area (Å²) in [6.07, 6.45) is -0.645. The number of rotatable bonds is 8. The number of nitrogens with zero attached hydrogens (tertiary/aromatic N) is 2. The number of β-amino-alcohol motifs (C(OH)–C–C–N with tert-alkyl or cyclic N) is 1. The van der Waals surface area contributed by atoms with E-state index in [1.165, 1.54) is 18.4 Å². The Hall–Kier alpha value is -1.19. The number of aliphatic hydroxyl groups is 2. The van der Waals surface area contributed by atoms with Crippen molar-refractivity contribution in [2.24, 2.45) is 5.92 Å². The van der Waals surface area contributed by atoms with E-state index in [1.807, 2.05) is 29.2 Å². The number of sulfonamides is 1. The summed E-state index contributed by atoms with van der Waals surface area (Å²) in [6.45, 7) is 1.82. The third-order valence-corrected chi connectivity index (χ3v) is 6.09. The van der Waals surface area contributed by atoms with Gasteiger partial charge in [-0.25, -0.2) is 12.7 Å². The van der Waals surface area contributed by atoms with Gasteiger partial charge >= 0.3 is 0 Å². The first-order valence-corrected chi connectivity index (χ1v) is 9.56. The van der Waals surface area contributed by atoms with Crippen LogP contribution in [0.2, 0.25) is 0 Å². The molecule has 0 saturated carbocycles. The molecular weight excluding hydrogens is 332 g/mol. The van der Waals surface area contributed by atoms with Crippen molar-refractivity contribution in [1.29, 1.82) is 0 Å². The van der Waals surface area contributed by atoms with E-state index in [2.05, 4.69) is 0 Å². The van der Waals surface area contributed by atoms with Crippen LogP contribution >= 0.6 is 0 Å². The van der Waals surface area contributed by atoms with Gasteiger partial charge in [-0.1, -0.05) is 12.1 Å². The minimum absolute atomic E-state index is 0.0371. The van der Waals surface area contributed by atoms with Gasteiger partial charge in [-0.2, -0.15) is 0 Å². The summed E-state index contributed by atoms with van der Waals surface area (Å²) >= 11 is 0. The summed E-state index contributed by atoms with van der Waals surface area (Å²) in [6, 6.07) is 7.56. The second kappa shape index (κ2) is 8.26. The molecule has 1 aromatic carbocycles. The first kappa shape index (κ1) is 19.1. The van der Waals surface area contributed by atoms with Crippen molar-refractivity contribution >= 4 is 10.0 Å². The highest BCUT2D eigenvalue weighted by Crippen LogP contribution is 2.23. The van der Waals surface area contributed by atoms with Crippen LogP contribution in [-0.4, -0.2) is 80.1 Å². The average Bonchev–Trinajstić information content (AvgIpc) is 2.84.